The van der Waals surface area contributed by atoms with Crippen molar-refractivity contribution in [2.75, 3.05) is 36.4 Å². The zero-order valence-corrected chi connectivity index (χ0v) is 16.3. The highest BCUT2D eigenvalue weighted by molar-refractivity contribution is 7.91. The molecule has 8 nitrogen and oxygen atoms in total. The normalized spacial score (nSPS) is 14.2. The Hall–Kier alpha value is -2.82. The minimum absolute atomic E-state index is 0.136. The van der Waals surface area contributed by atoms with Crippen LogP contribution >= 0.6 is 0 Å². The van der Waals surface area contributed by atoms with Gasteiger partial charge in [0.2, 0.25) is 9.84 Å². The molecule has 156 valence electrons. The van der Waals surface area contributed by atoms with E-state index < -0.39 is 26.4 Å². The summed E-state index contributed by atoms with van der Waals surface area (Å²) in [4.78, 5) is 13.8. The summed E-state index contributed by atoms with van der Waals surface area (Å²) in [7, 11) is -4.87. The summed E-state index contributed by atoms with van der Waals surface area (Å²) in [5, 5.41) is 13.5. The Morgan fingerprint density at radius 3 is 2.62 bits per heavy atom. The lowest BCUT2D eigenvalue weighted by molar-refractivity contribution is 0.0951. The number of benzene rings is 1. The summed E-state index contributed by atoms with van der Waals surface area (Å²) >= 11 is 0. The van der Waals surface area contributed by atoms with Gasteiger partial charge in [0.1, 0.15) is 0 Å². The molecular weight excluding hydrogens is 404 g/mol. The van der Waals surface area contributed by atoms with Crippen LogP contribution in [0, 0.1) is 0 Å². The zero-order valence-electron chi connectivity index (χ0n) is 15.5. The minimum Gasteiger partial charge on any atom is -0.370 e. The molecule has 0 bridgehead atoms. The van der Waals surface area contributed by atoms with E-state index in [9.17, 15) is 22.0 Å². The number of nitrogens with one attached hydrogen (secondary N) is 2. The molecule has 1 amide bonds. The number of halogens is 2. The third-order valence-electron chi connectivity index (χ3n) is 4.50. The number of amides is 1. The number of hydrogen-bond donors (Lipinski definition) is 2. The molecule has 1 aromatic carbocycles. The maximum atomic E-state index is 12.8. The number of rotatable bonds is 8. The smallest absolute Gasteiger partial charge is 0.341 e. The van der Waals surface area contributed by atoms with E-state index in [1.165, 1.54) is 18.2 Å². The van der Waals surface area contributed by atoms with Gasteiger partial charge in [-0.2, -0.15) is 13.9 Å². The van der Waals surface area contributed by atoms with Gasteiger partial charge in [0.25, 0.3) is 5.91 Å². The maximum absolute atomic E-state index is 12.8. The molecule has 0 radical (unpaired) electrons. The third-order valence-corrected chi connectivity index (χ3v) is 5.94. The van der Waals surface area contributed by atoms with E-state index in [1.807, 2.05) is 6.07 Å². The fraction of sp³-hybridized carbons (Fsp3) is 0.389. The number of alkyl halides is 2. The van der Waals surface area contributed by atoms with Crippen LogP contribution in [-0.4, -0.2) is 56.5 Å². The van der Waals surface area contributed by atoms with Gasteiger partial charge in [0.15, 0.2) is 5.82 Å². The molecule has 0 atom stereocenters. The van der Waals surface area contributed by atoms with Crippen LogP contribution in [0.1, 0.15) is 23.2 Å². The molecule has 1 saturated heterocycles. The van der Waals surface area contributed by atoms with Crippen LogP contribution in [-0.2, 0) is 9.84 Å². The van der Waals surface area contributed by atoms with Crippen molar-refractivity contribution in [2.24, 2.45) is 0 Å². The summed E-state index contributed by atoms with van der Waals surface area (Å²) in [6.45, 7) is 2.38. The predicted molar refractivity (Wildman–Crippen MR) is 104 cm³/mol. The van der Waals surface area contributed by atoms with Crippen LogP contribution < -0.4 is 15.5 Å². The van der Waals surface area contributed by atoms with E-state index >= 15 is 0 Å². The van der Waals surface area contributed by atoms with E-state index in [-0.39, 0.29) is 12.1 Å². The first-order valence-corrected chi connectivity index (χ1v) is 10.6. The van der Waals surface area contributed by atoms with Crippen molar-refractivity contribution >= 4 is 27.2 Å². The van der Waals surface area contributed by atoms with Gasteiger partial charge in [0.05, 0.1) is 22.3 Å². The predicted octanol–water partition coefficient (Wildman–Crippen LogP) is 1.91. The topological polar surface area (TPSA) is 104 Å². The van der Waals surface area contributed by atoms with Crippen molar-refractivity contribution in [1.29, 1.82) is 0 Å². The summed E-state index contributed by atoms with van der Waals surface area (Å²) in [6, 6.07) is 6.76. The molecule has 3 rings (SSSR count). The van der Waals surface area contributed by atoms with Crippen molar-refractivity contribution in [3.8, 4) is 0 Å². The lowest BCUT2D eigenvalue weighted by atomic mass is 10.2. The molecule has 0 spiro atoms. The third kappa shape index (κ3) is 4.97. The first-order chi connectivity index (χ1) is 13.9. The molecule has 2 heterocycles. The van der Waals surface area contributed by atoms with Crippen LogP contribution in [0.2, 0.25) is 0 Å². The van der Waals surface area contributed by atoms with Gasteiger partial charge >= 0.3 is 5.76 Å². The van der Waals surface area contributed by atoms with Crippen LogP contribution in [0.3, 0.4) is 0 Å². The van der Waals surface area contributed by atoms with Crippen molar-refractivity contribution < 1.29 is 22.0 Å². The number of hydrogen-bond acceptors (Lipinski definition) is 7. The Labute approximate surface area is 167 Å². The van der Waals surface area contributed by atoms with Crippen LogP contribution in [0.25, 0.3) is 0 Å². The summed E-state index contributed by atoms with van der Waals surface area (Å²) in [5.41, 5.74) is 0.652. The Morgan fingerprint density at radius 2 is 1.90 bits per heavy atom. The highest BCUT2D eigenvalue weighted by Crippen LogP contribution is 2.22. The molecule has 1 aliphatic heterocycles. The monoisotopic (exact) mass is 425 g/mol. The van der Waals surface area contributed by atoms with E-state index in [0.29, 0.717) is 12.4 Å². The Morgan fingerprint density at radius 1 is 1.17 bits per heavy atom. The summed E-state index contributed by atoms with van der Waals surface area (Å²) < 4.78 is 49.2. The van der Waals surface area contributed by atoms with Crippen LogP contribution in [0.5, 0.6) is 0 Å². The fourth-order valence-electron chi connectivity index (χ4n) is 3.05. The molecular formula is C18H21F2N5O3S. The molecule has 1 aliphatic rings. The largest absolute Gasteiger partial charge is 0.370 e. The van der Waals surface area contributed by atoms with Crippen molar-refractivity contribution in [2.45, 2.75) is 23.5 Å². The second-order valence-corrected chi connectivity index (χ2v) is 8.36. The molecule has 11 heteroatoms. The molecule has 29 heavy (non-hydrogen) atoms. The van der Waals surface area contributed by atoms with Crippen molar-refractivity contribution in [3.05, 3.63) is 42.1 Å². The van der Waals surface area contributed by atoms with Gasteiger partial charge in [-0.05, 0) is 25.0 Å². The van der Waals surface area contributed by atoms with Crippen LogP contribution in [0.4, 0.5) is 20.3 Å². The minimum atomic E-state index is -4.87. The summed E-state index contributed by atoms with van der Waals surface area (Å²) in [6.07, 6.45) is 3.97. The molecule has 1 fully saturated rings. The van der Waals surface area contributed by atoms with Gasteiger partial charge in [-0.25, -0.2) is 8.42 Å². The standard InChI is InChI=1S/C18H21F2N5O3S/c19-18(20)29(27,28)15-6-2-1-5-14(15)17(26)22-8-7-21-16-11-13(12-23-24-16)25-9-3-4-10-25/h1-2,5-6,11-12,18H,3-4,7-10H2,(H,21,24)(H,22,26). The average molecular weight is 425 g/mol. The molecule has 0 unspecified atom stereocenters. The maximum Gasteiger partial charge on any atom is 0.341 e. The molecule has 2 N–H and O–H groups in total. The van der Waals surface area contributed by atoms with E-state index in [0.717, 1.165) is 37.7 Å². The SMILES string of the molecule is O=C(NCCNc1cc(N2CCCC2)cnn1)c1ccccc1S(=O)(=O)C(F)F. The van der Waals surface area contributed by atoms with E-state index in [2.05, 4.69) is 25.7 Å². The Bertz CT molecular complexity index is 965. The highest BCUT2D eigenvalue weighted by Gasteiger charge is 2.30. The first-order valence-electron chi connectivity index (χ1n) is 9.10. The van der Waals surface area contributed by atoms with Crippen LogP contribution in [0.15, 0.2) is 41.4 Å². The van der Waals surface area contributed by atoms with Gasteiger partial charge in [-0.1, -0.05) is 12.1 Å². The molecule has 0 saturated carbocycles. The lowest BCUT2D eigenvalue weighted by Crippen LogP contribution is -2.30. The Kier molecular flexibility index (Phi) is 6.57. The number of aromatic nitrogens is 2. The van der Waals surface area contributed by atoms with Crippen molar-refractivity contribution in [1.82, 2.24) is 15.5 Å². The number of carbonyl (C=O) groups is 1. The number of carbonyl (C=O) groups excluding carboxylic acids is 1. The molecule has 1 aromatic heterocycles. The number of nitrogens with zero attached hydrogens (tertiary/aromatic N) is 3. The van der Waals surface area contributed by atoms with E-state index in [1.54, 1.807) is 6.20 Å². The van der Waals surface area contributed by atoms with Gasteiger partial charge < -0.3 is 15.5 Å². The van der Waals surface area contributed by atoms with E-state index in [4.69, 9.17) is 0 Å². The van der Waals surface area contributed by atoms with Gasteiger partial charge in [-0.15, -0.1) is 5.10 Å². The second-order valence-electron chi connectivity index (χ2n) is 6.48. The van der Waals surface area contributed by atoms with Gasteiger partial charge in [-0.3, -0.25) is 4.79 Å². The van der Waals surface area contributed by atoms with Crippen molar-refractivity contribution in [3.63, 3.8) is 0 Å². The number of sulfone groups is 1. The quantitative estimate of drug-likeness (QED) is 0.623. The zero-order chi connectivity index (χ0) is 20.9. The highest BCUT2D eigenvalue weighted by atomic mass is 32.2. The fourth-order valence-corrected chi connectivity index (χ4v) is 3.98. The molecule has 2 aromatic rings. The average Bonchev–Trinajstić information content (AvgIpc) is 3.26. The Balaban J connectivity index is 1.57. The molecule has 0 aliphatic carbocycles. The summed E-state index contributed by atoms with van der Waals surface area (Å²) in [5.74, 6) is -3.80. The first kappa shape index (κ1) is 20.9. The lowest BCUT2D eigenvalue weighted by Gasteiger charge is -2.17. The van der Waals surface area contributed by atoms with Gasteiger partial charge in [0, 0.05) is 32.2 Å². The number of anilines is 2. The second kappa shape index (κ2) is 9.12.